The third-order valence-corrected chi connectivity index (χ3v) is 7.03. The number of hydrogen-bond donors (Lipinski definition) is 0. The molecule has 6 heteroatoms. The fraction of sp³-hybridized carbons (Fsp3) is 0.750. The van der Waals surface area contributed by atoms with Gasteiger partial charge < -0.3 is 9.57 Å². The van der Waals surface area contributed by atoms with E-state index in [9.17, 15) is 4.79 Å². The van der Waals surface area contributed by atoms with E-state index in [0.717, 1.165) is 45.2 Å². The maximum atomic E-state index is 11.9. The fourth-order valence-electron chi connectivity index (χ4n) is 4.41. The number of thiophene rings is 1. The number of carbonyl (C=O) groups is 1. The van der Waals surface area contributed by atoms with Crippen LogP contribution in [0.15, 0.2) is 17.5 Å². The molecule has 0 atom stereocenters. The molecule has 1 saturated carbocycles. The number of hydroxylamine groups is 2. The van der Waals surface area contributed by atoms with Crippen LogP contribution in [0.3, 0.4) is 0 Å². The smallest absolute Gasteiger partial charge is 0.427 e. The Balaban J connectivity index is 1.60. The van der Waals surface area contributed by atoms with Gasteiger partial charge >= 0.3 is 6.16 Å². The summed E-state index contributed by atoms with van der Waals surface area (Å²) in [5.41, 5.74) is -0.108. The highest BCUT2D eigenvalue weighted by molar-refractivity contribution is 7.10. The van der Waals surface area contributed by atoms with Crippen molar-refractivity contribution in [1.29, 1.82) is 0 Å². The van der Waals surface area contributed by atoms with Crippen molar-refractivity contribution in [3.05, 3.63) is 22.4 Å². The Morgan fingerprint density at radius 2 is 1.88 bits per heavy atom. The zero-order valence-electron chi connectivity index (χ0n) is 16.7. The van der Waals surface area contributed by atoms with Crippen molar-refractivity contribution in [2.75, 3.05) is 27.2 Å². The molecule has 0 aromatic carbocycles. The van der Waals surface area contributed by atoms with E-state index < -0.39 is 11.8 Å². The van der Waals surface area contributed by atoms with E-state index in [2.05, 4.69) is 36.5 Å². The lowest BCUT2D eigenvalue weighted by molar-refractivity contribution is -0.136. The van der Waals surface area contributed by atoms with Crippen LogP contribution in [0.1, 0.15) is 57.8 Å². The maximum Gasteiger partial charge on any atom is 0.528 e. The van der Waals surface area contributed by atoms with Crippen LogP contribution in [0.4, 0.5) is 4.79 Å². The molecule has 0 radical (unpaired) electrons. The number of hydrogen-bond acceptors (Lipinski definition) is 6. The normalized spacial score (nSPS) is 30.1. The molecule has 0 bridgehead atoms. The molecule has 1 spiro atoms. The average molecular weight is 381 g/mol. The number of nitrogens with zero attached hydrogens (tertiary/aromatic N) is 2. The van der Waals surface area contributed by atoms with Crippen molar-refractivity contribution in [3.63, 3.8) is 0 Å². The quantitative estimate of drug-likeness (QED) is 0.715. The first kappa shape index (κ1) is 19.6. The molecule has 2 aliphatic rings. The van der Waals surface area contributed by atoms with E-state index in [-0.39, 0.29) is 11.0 Å². The van der Waals surface area contributed by atoms with E-state index in [1.54, 1.807) is 0 Å². The summed E-state index contributed by atoms with van der Waals surface area (Å²) in [7, 11) is 4.40. The Labute approximate surface area is 161 Å². The Morgan fingerprint density at radius 3 is 2.42 bits per heavy atom. The lowest BCUT2D eigenvalue weighted by Gasteiger charge is -2.48. The Kier molecular flexibility index (Phi) is 5.39. The summed E-state index contributed by atoms with van der Waals surface area (Å²) in [5.74, 6) is 0. The first-order chi connectivity index (χ1) is 12.1. The summed E-state index contributed by atoms with van der Waals surface area (Å²) in [4.78, 5) is 21.3. The second-order valence-corrected chi connectivity index (χ2v) is 10.0. The van der Waals surface area contributed by atoms with Crippen LogP contribution in [0.25, 0.3) is 0 Å². The Bertz CT molecular complexity index is 614. The molecule has 0 N–H and O–H groups in total. The zero-order chi connectivity index (χ0) is 19.0. The molecule has 2 fully saturated rings. The second-order valence-electron chi connectivity index (χ2n) is 9.07. The standard InChI is InChI=1S/C20H32N2O3S/c1-18(2,3)24-17(23)25-22-13-12-19(15-22)8-10-20(11-9-19,21(4)5)16-7-6-14-26-16/h6-7,14H,8-13,15H2,1-5H3. The molecular weight excluding hydrogens is 348 g/mol. The third-order valence-electron chi connectivity index (χ3n) is 5.97. The molecule has 1 aliphatic heterocycles. The molecule has 1 aromatic rings. The number of rotatable bonds is 3. The second kappa shape index (κ2) is 7.13. The van der Waals surface area contributed by atoms with Crippen LogP contribution in [-0.4, -0.2) is 48.9 Å². The molecule has 1 aromatic heterocycles. The summed E-state index contributed by atoms with van der Waals surface area (Å²) in [6, 6.07) is 4.43. The van der Waals surface area contributed by atoms with Crippen LogP contribution in [0.2, 0.25) is 0 Å². The summed E-state index contributed by atoms with van der Waals surface area (Å²) < 4.78 is 5.28. The van der Waals surface area contributed by atoms with Crippen molar-refractivity contribution < 1.29 is 14.4 Å². The average Bonchev–Trinajstić information content (AvgIpc) is 3.17. The molecule has 0 unspecified atom stereocenters. The van der Waals surface area contributed by atoms with Crippen LogP contribution in [0, 0.1) is 5.41 Å². The SMILES string of the molecule is CN(C)C1(c2cccs2)CCC2(CCN(OC(=O)OC(C)(C)C)C2)CC1. The van der Waals surface area contributed by atoms with Crippen LogP contribution < -0.4 is 0 Å². The molecule has 146 valence electrons. The van der Waals surface area contributed by atoms with Crippen molar-refractivity contribution in [3.8, 4) is 0 Å². The largest absolute Gasteiger partial charge is 0.528 e. The Morgan fingerprint density at radius 1 is 1.19 bits per heavy atom. The van der Waals surface area contributed by atoms with Crippen LogP contribution in [0.5, 0.6) is 0 Å². The molecule has 2 heterocycles. The maximum absolute atomic E-state index is 11.9. The van der Waals surface area contributed by atoms with Gasteiger partial charge in [-0.05, 0) is 83.8 Å². The summed E-state index contributed by atoms with van der Waals surface area (Å²) in [6.45, 7) is 7.18. The predicted molar refractivity (Wildman–Crippen MR) is 104 cm³/mol. The number of ether oxygens (including phenoxy) is 1. The molecule has 5 nitrogen and oxygen atoms in total. The zero-order valence-corrected chi connectivity index (χ0v) is 17.5. The summed E-state index contributed by atoms with van der Waals surface area (Å²) >= 11 is 1.86. The topological polar surface area (TPSA) is 42.0 Å². The minimum atomic E-state index is -0.591. The van der Waals surface area contributed by atoms with Crippen molar-refractivity contribution in [2.24, 2.45) is 5.41 Å². The Hall–Kier alpha value is -1.11. The van der Waals surface area contributed by atoms with Gasteiger partial charge in [0.05, 0.1) is 5.54 Å². The van der Waals surface area contributed by atoms with Gasteiger partial charge in [0, 0.05) is 18.0 Å². The molecule has 1 aliphatic carbocycles. The van der Waals surface area contributed by atoms with Crippen LogP contribution in [-0.2, 0) is 15.1 Å². The molecule has 3 rings (SSSR count). The van der Waals surface area contributed by atoms with Crippen LogP contribution >= 0.6 is 11.3 Å². The predicted octanol–water partition coefficient (Wildman–Crippen LogP) is 4.64. The first-order valence-corrected chi connectivity index (χ1v) is 10.4. The van der Waals surface area contributed by atoms with E-state index in [0.29, 0.717) is 0 Å². The summed E-state index contributed by atoms with van der Waals surface area (Å²) in [6.07, 6.45) is 5.13. The van der Waals surface area contributed by atoms with E-state index in [1.807, 2.05) is 37.2 Å². The van der Waals surface area contributed by atoms with Gasteiger partial charge in [0.25, 0.3) is 0 Å². The van der Waals surface area contributed by atoms with Gasteiger partial charge in [-0.25, -0.2) is 4.79 Å². The van der Waals surface area contributed by atoms with E-state index in [1.165, 1.54) is 4.88 Å². The van der Waals surface area contributed by atoms with Gasteiger partial charge in [0.1, 0.15) is 5.60 Å². The summed E-state index contributed by atoms with van der Waals surface area (Å²) in [5, 5.41) is 3.98. The van der Waals surface area contributed by atoms with Crippen molar-refractivity contribution in [2.45, 2.75) is 64.0 Å². The third kappa shape index (κ3) is 4.07. The minimum absolute atomic E-state index is 0.152. The fourth-order valence-corrected chi connectivity index (χ4v) is 5.47. The van der Waals surface area contributed by atoms with E-state index >= 15 is 0 Å². The van der Waals surface area contributed by atoms with Gasteiger partial charge in [0.2, 0.25) is 0 Å². The lowest BCUT2D eigenvalue weighted by atomic mass is 9.66. The highest BCUT2D eigenvalue weighted by Crippen LogP contribution is 2.52. The van der Waals surface area contributed by atoms with Gasteiger partial charge in [-0.2, -0.15) is 0 Å². The molecule has 26 heavy (non-hydrogen) atoms. The molecular formula is C20H32N2O3S. The van der Waals surface area contributed by atoms with Gasteiger partial charge in [0.15, 0.2) is 0 Å². The van der Waals surface area contributed by atoms with Gasteiger partial charge in [-0.3, -0.25) is 4.90 Å². The van der Waals surface area contributed by atoms with Crippen molar-refractivity contribution in [1.82, 2.24) is 9.96 Å². The monoisotopic (exact) mass is 380 g/mol. The van der Waals surface area contributed by atoms with Gasteiger partial charge in [-0.15, -0.1) is 16.4 Å². The van der Waals surface area contributed by atoms with Crippen molar-refractivity contribution >= 4 is 17.5 Å². The number of carbonyl (C=O) groups excluding carboxylic acids is 1. The van der Waals surface area contributed by atoms with Gasteiger partial charge in [-0.1, -0.05) is 6.07 Å². The minimum Gasteiger partial charge on any atom is -0.427 e. The molecule has 0 amide bonds. The highest BCUT2D eigenvalue weighted by Gasteiger charge is 2.49. The van der Waals surface area contributed by atoms with E-state index in [4.69, 9.17) is 9.57 Å². The first-order valence-electron chi connectivity index (χ1n) is 9.52. The molecule has 1 saturated heterocycles. The highest BCUT2D eigenvalue weighted by atomic mass is 32.1. The lowest BCUT2D eigenvalue weighted by Crippen LogP contribution is -2.47.